The molecule has 9 nitrogen and oxygen atoms in total. The second kappa shape index (κ2) is 12.4. The Morgan fingerprint density at radius 3 is 2.33 bits per heavy atom. The van der Waals surface area contributed by atoms with Gasteiger partial charge in [0.1, 0.15) is 16.5 Å². The summed E-state index contributed by atoms with van der Waals surface area (Å²) in [4.78, 5) is 42.8. The van der Waals surface area contributed by atoms with E-state index in [1.165, 1.54) is 62.6 Å². The molecule has 3 aromatic heterocycles. The van der Waals surface area contributed by atoms with Crippen molar-refractivity contribution >= 4 is 73.7 Å². The minimum absolute atomic E-state index is 0.317. The monoisotopic (exact) mass is 726 g/mol. The van der Waals surface area contributed by atoms with Crippen molar-refractivity contribution in [1.29, 1.82) is 0 Å². The Morgan fingerprint density at radius 1 is 0.917 bits per heavy atom. The lowest BCUT2D eigenvalue weighted by Crippen LogP contribution is -2.57. The van der Waals surface area contributed by atoms with Crippen LogP contribution in [0.1, 0.15) is 61.7 Å². The van der Waals surface area contributed by atoms with Crippen LogP contribution in [0.25, 0.3) is 10.6 Å². The van der Waals surface area contributed by atoms with Gasteiger partial charge < -0.3 is 14.9 Å². The van der Waals surface area contributed by atoms with Crippen LogP contribution >= 0.6 is 45.9 Å². The highest BCUT2D eigenvalue weighted by Gasteiger charge is 2.54. The standard InChI is InChI=1S/C35H40Cl2N6O3S2/c36-25-13-28(47-17-25)29-33(42-15-21-3-6-43(27(21)16-42)30-22-8-18(9-22)7-19-10-23(30)11-19)48-35(39-29)40-32(44)24-12-26(37)31(38-14-24)41-4-1-20(2-5-41)34(45)46/h12-14,17-23,27,30H,1-11,15-16H2,(H,45,46)(H,39,40,44). The van der Waals surface area contributed by atoms with E-state index >= 15 is 0 Å². The van der Waals surface area contributed by atoms with Crippen molar-refractivity contribution in [2.45, 2.75) is 63.5 Å². The smallest absolute Gasteiger partial charge is 0.306 e. The largest absolute Gasteiger partial charge is 0.481 e. The molecule has 12 rings (SSSR count). The summed E-state index contributed by atoms with van der Waals surface area (Å²) in [6.07, 6.45) is 11.2. The summed E-state index contributed by atoms with van der Waals surface area (Å²) >= 11 is 16.1. The van der Waals surface area contributed by atoms with Gasteiger partial charge in [-0.2, -0.15) is 0 Å². The van der Waals surface area contributed by atoms with Crippen LogP contribution in [-0.4, -0.2) is 76.7 Å². The summed E-state index contributed by atoms with van der Waals surface area (Å²) in [6.45, 7) is 4.38. The number of halogens is 2. The topological polar surface area (TPSA) is 102 Å². The molecule has 6 aliphatic carbocycles. The summed E-state index contributed by atoms with van der Waals surface area (Å²) in [6, 6.07) is 4.95. The lowest BCUT2D eigenvalue weighted by molar-refractivity contribution is -0.142. The first-order valence-corrected chi connectivity index (χ1v) is 19.9. The van der Waals surface area contributed by atoms with Crippen LogP contribution in [0.3, 0.4) is 0 Å². The highest BCUT2D eigenvalue weighted by molar-refractivity contribution is 7.21. The number of carboxylic acid groups (broad SMARTS) is 1. The Kier molecular flexibility index (Phi) is 8.15. The van der Waals surface area contributed by atoms with Crippen molar-refractivity contribution in [3.8, 4) is 10.6 Å². The predicted octanol–water partition coefficient (Wildman–Crippen LogP) is 7.46. The molecule has 48 heavy (non-hydrogen) atoms. The lowest BCUT2D eigenvalue weighted by Gasteiger charge is -2.57. The number of carboxylic acids is 1. The number of rotatable bonds is 7. The number of nitrogens with one attached hydrogen (secondary N) is 1. The van der Waals surface area contributed by atoms with Crippen LogP contribution in [0.4, 0.5) is 16.0 Å². The first-order chi connectivity index (χ1) is 23.3. The number of carbonyl (C=O) groups is 2. The maximum Gasteiger partial charge on any atom is 0.306 e. The molecule has 0 spiro atoms. The zero-order valence-electron chi connectivity index (χ0n) is 26.7. The molecule has 1 amide bonds. The number of aromatic nitrogens is 2. The molecule has 254 valence electrons. The molecule has 2 atom stereocenters. The van der Waals surface area contributed by atoms with E-state index in [1.54, 1.807) is 17.4 Å². The van der Waals surface area contributed by atoms with Gasteiger partial charge in [0, 0.05) is 49.8 Å². The Hall–Kier alpha value is -2.44. The molecule has 6 saturated carbocycles. The molecule has 3 aliphatic heterocycles. The number of thiazole rings is 1. The molecule has 3 saturated heterocycles. The maximum absolute atomic E-state index is 13.5. The van der Waals surface area contributed by atoms with E-state index in [0.29, 0.717) is 64.4 Å². The van der Waals surface area contributed by atoms with Crippen molar-refractivity contribution in [3.63, 3.8) is 0 Å². The van der Waals surface area contributed by atoms with Gasteiger partial charge in [0.05, 0.1) is 26.4 Å². The molecular formula is C35H40Cl2N6O3S2. The molecule has 13 heteroatoms. The fourth-order valence-corrected chi connectivity index (χ4v) is 12.3. The third kappa shape index (κ3) is 5.61. The fourth-order valence-electron chi connectivity index (χ4n) is 9.92. The zero-order valence-corrected chi connectivity index (χ0v) is 29.8. The summed E-state index contributed by atoms with van der Waals surface area (Å²) in [7, 11) is 0. The highest BCUT2D eigenvalue weighted by atomic mass is 35.5. The van der Waals surface area contributed by atoms with Crippen LogP contribution in [0.5, 0.6) is 0 Å². The highest BCUT2D eigenvalue weighted by Crippen LogP contribution is 2.57. The van der Waals surface area contributed by atoms with Crippen molar-refractivity contribution in [1.82, 2.24) is 14.9 Å². The number of pyridine rings is 1. The van der Waals surface area contributed by atoms with Crippen LogP contribution < -0.4 is 15.1 Å². The van der Waals surface area contributed by atoms with Gasteiger partial charge in [-0.05, 0) is 99.6 Å². The third-order valence-corrected chi connectivity index (χ3v) is 14.9. The van der Waals surface area contributed by atoms with E-state index in [1.807, 2.05) is 16.3 Å². The molecule has 4 bridgehead atoms. The minimum Gasteiger partial charge on any atom is -0.481 e. The second-order valence-corrected chi connectivity index (χ2v) is 17.8. The Bertz CT molecular complexity index is 1710. The molecule has 0 radical (unpaired) electrons. The van der Waals surface area contributed by atoms with E-state index in [4.69, 9.17) is 28.2 Å². The molecular weight excluding hydrogens is 687 g/mol. The van der Waals surface area contributed by atoms with E-state index < -0.39 is 5.97 Å². The third-order valence-electron chi connectivity index (χ3n) is 12.3. The molecule has 2 unspecified atom stereocenters. The molecule has 9 aliphatic rings. The normalized spacial score (nSPS) is 31.5. The second-order valence-electron chi connectivity index (χ2n) is 15.1. The Morgan fingerprint density at radius 2 is 1.67 bits per heavy atom. The molecule has 0 aromatic carbocycles. The summed E-state index contributed by atoms with van der Waals surface area (Å²) in [5, 5.41) is 17.0. The number of likely N-dealkylation sites (tertiary alicyclic amines) is 1. The SMILES string of the molecule is O=C(Nc1nc(-c2cc(Cl)cs2)c(N2CC3CCN(C4C5CC(CC6CC4C6)C5)C3C2)s1)c1cnc(N2CCC(C(=O)O)CC2)c(Cl)c1. The summed E-state index contributed by atoms with van der Waals surface area (Å²) < 4.78 is 0. The number of fused-ring (bicyclic) bond motifs is 1. The molecule has 3 aromatic rings. The number of thiophene rings is 1. The van der Waals surface area contributed by atoms with E-state index in [9.17, 15) is 14.7 Å². The quantitative estimate of drug-likeness (QED) is 0.259. The predicted molar refractivity (Wildman–Crippen MR) is 192 cm³/mol. The number of carbonyl (C=O) groups excluding carboxylic acids is 1. The molecule has 9 fully saturated rings. The fraction of sp³-hybridized carbons (Fsp3) is 0.600. The average molecular weight is 728 g/mol. The van der Waals surface area contributed by atoms with Crippen molar-refractivity contribution in [2.24, 2.45) is 35.5 Å². The van der Waals surface area contributed by atoms with Gasteiger partial charge >= 0.3 is 5.97 Å². The number of hydrogen-bond donors (Lipinski definition) is 2. The van der Waals surface area contributed by atoms with Gasteiger partial charge in [-0.25, -0.2) is 9.97 Å². The van der Waals surface area contributed by atoms with Crippen LogP contribution in [0.2, 0.25) is 10.0 Å². The first-order valence-electron chi connectivity index (χ1n) is 17.5. The van der Waals surface area contributed by atoms with E-state index in [-0.39, 0.29) is 11.8 Å². The van der Waals surface area contributed by atoms with Crippen molar-refractivity contribution < 1.29 is 14.7 Å². The summed E-state index contributed by atoms with van der Waals surface area (Å²) in [5.74, 6) is 3.57. The van der Waals surface area contributed by atoms with Gasteiger partial charge in [-0.1, -0.05) is 34.5 Å². The number of hydrogen-bond acceptors (Lipinski definition) is 9. The van der Waals surface area contributed by atoms with Gasteiger partial charge in [0.25, 0.3) is 5.91 Å². The van der Waals surface area contributed by atoms with Crippen molar-refractivity contribution in [2.75, 3.05) is 47.8 Å². The number of aliphatic carboxylic acids is 1. The Labute approximate surface area is 298 Å². The van der Waals surface area contributed by atoms with E-state index in [0.717, 1.165) is 58.4 Å². The van der Waals surface area contributed by atoms with Gasteiger partial charge in [-0.15, -0.1) is 11.3 Å². The molecule has 2 N–H and O–H groups in total. The zero-order chi connectivity index (χ0) is 32.7. The van der Waals surface area contributed by atoms with Gasteiger partial charge in [0.2, 0.25) is 0 Å². The first kappa shape index (κ1) is 31.5. The number of anilines is 3. The number of amides is 1. The van der Waals surface area contributed by atoms with Crippen molar-refractivity contribution in [3.05, 3.63) is 39.3 Å². The lowest BCUT2D eigenvalue weighted by atomic mass is 9.54. The average Bonchev–Trinajstić information content (AvgIpc) is 3.80. The van der Waals surface area contributed by atoms with Crippen LogP contribution in [0.15, 0.2) is 23.7 Å². The van der Waals surface area contributed by atoms with Crippen LogP contribution in [0, 0.1) is 35.5 Å². The molecule has 6 heterocycles. The van der Waals surface area contributed by atoms with E-state index in [2.05, 4.69) is 20.1 Å². The van der Waals surface area contributed by atoms with Gasteiger partial charge in [-0.3, -0.25) is 19.8 Å². The van der Waals surface area contributed by atoms with Gasteiger partial charge in [0.15, 0.2) is 5.13 Å². The summed E-state index contributed by atoms with van der Waals surface area (Å²) in [5.41, 5.74) is 1.23. The number of nitrogens with zero attached hydrogens (tertiary/aromatic N) is 5. The maximum atomic E-state index is 13.5. The van der Waals surface area contributed by atoms with Crippen LogP contribution in [-0.2, 0) is 4.79 Å². The minimum atomic E-state index is -0.761. The number of piperidine rings is 1. The Balaban J connectivity index is 0.927.